The van der Waals surface area contributed by atoms with E-state index in [2.05, 4.69) is 0 Å². The predicted molar refractivity (Wildman–Crippen MR) is 91.2 cm³/mol. The normalized spacial score (nSPS) is 12.4. The van der Waals surface area contributed by atoms with Crippen LogP contribution in [0.1, 0.15) is 57.2 Å². The van der Waals surface area contributed by atoms with Crippen molar-refractivity contribution in [2.45, 2.75) is 39.8 Å². The lowest BCUT2D eigenvalue weighted by Gasteiger charge is -2.15. The maximum absolute atomic E-state index is 13.1. The molecular formula is C19H21O2P. The van der Waals surface area contributed by atoms with E-state index in [4.69, 9.17) is 0 Å². The highest BCUT2D eigenvalue weighted by Gasteiger charge is 2.21. The highest BCUT2D eigenvalue weighted by Crippen LogP contribution is 2.34. The van der Waals surface area contributed by atoms with Crippen LogP contribution in [0.5, 0.6) is 0 Å². The molecule has 0 saturated heterocycles. The molecule has 0 N–H and O–H groups in total. The Kier molecular flexibility index (Phi) is 5.26. The second kappa shape index (κ2) is 6.98. The fraction of sp³-hybridized carbons (Fsp3) is 0.316. The zero-order chi connectivity index (χ0) is 16.3. The molecule has 0 spiro atoms. The van der Waals surface area contributed by atoms with E-state index in [1.807, 2.05) is 64.1 Å². The summed E-state index contributed by atoms with van der Waals surface area (Å²) in [5.74, 6) is 0.0210. The monoisotopic (exact) mass is 312 g/mol. The standard InChI is InChI=1S/C19H21O2P/c1-5-17(22-21)15-8-6-7-9-16(15)19(20)18-13(3)10-12(2)11-14(18)4/h6-11,17H,5H2,1-4H3. The Morgan fingerprint density at radius 1 is 1.09 bits per heavy atom. The Morgan fingerprint density at radius 2 is 1.68 bits per heavy atom. The molecule has 114 valence electrons. The third kappa shape index (κ3) is 3.18. The van der Waals surface area contributed by atoms with Crippen molar-refractivity contribution < 1.29 is 9.36 Å². The minimum atomic E-state index is -0.133. The number of carbonyl (C=O) groups is 1. The van der Waals surface area contributed by atoms with Crippen LogP contribution in [-0.2, 0) is 4.57 Å². The summed E-state index contributed by atoms with van der Waals surface area (Å²) in [4.78, 5) is 13.1. The van der Waals surface area contributed by atoms with Gasteiger partial charge in [-0.15, -0.1) is 0 Å². The van der Waals surface area contributed by atoms with Gasteiger partial charge in [-0.25, -0.2) is 0 Å². The molecule has 0 amide bonds. The van der Waals surface area contributed by atoms with Crippen LogP contribution in [-0.4, -0.2) is 5.78 Å². The van der Waals surface area contributed by atoms with E-state index < -0.39 is 0 Å². The van der Waals surface area contributed by atoms with E-state index in [0.717, 1.165) is 34.2 Å². The van der Waals surface area contributed by atoms with E-state index in [1.54, 1.807) is 0 Å². The first-order chi connectivity index (χ1) is 10.5. The highest BCUT2D eigenvalue weighted by molar-refractivity contribution is 7.24. The van der Waals surface area contributed by atoms with Gasteiger partial charge in [-0.05, 0) is 43.9 Å². The average Bonchev–Trinajstić information content (AvgIpc) is 2.48. The molecule has 0 aliphatic carbocycles. The van der Waals surface area contributed by atoms with Crippen LogP contribution in [0, 0.1) is 20.8 Å². The van der Waals surface area contributed by atoms with Crippen LogP contribution < -0.4 is 0 Å². The minimum absolute atomic E-state index is 0.0210. The number of rotatable bonds is 5. The summed E-state index contributed by atoms with van der Waals surface area (Å²) in [6.45, 7) is 7.96. The third-order valence-electron chi connectivity index (χ3n) is 3.98. The van der Waals surface area contributed by atoms with Crippen LogP contribution >= 0.6 is 8.46 Å². The lowest BCUT2D eigenvalue weighted by molar-refractivity contribution is 0.103. The molecule has 0 aliphatic rings. The quantitative estimate of drug-likeness (QED) is 0.533. The zero-order valence-electron chi connectivity index (χ0n) is 13.5. The Balaban J connectivity index is 2.58. The van der Waals surface area contributed by atoms with Crippen molar-refractivity contribution in [1.29, 1.82) is 0 Å². The lowest BCUT2D eigenvalue weighted by Crippen LogP contribution is -2.10. The summed E-state index contributed by atoms with van der Waals surface area (Å²) in [5.41, 5.74) is 5.29. The second-order valence-electron chi connectivity index (χ2n) is 5.72. The molecule has 2 rings (SSSR count). The van der Waals surface area contributed by atoms with Crippen LogP contribution in [0.25, 0.3) is 0 Å². The summed E-state index contributed by atoms with van der Waals surface area (Å²) in [5, 5.41) is 0. The van der Waals surface area contributed by atoms with Gasteiger partial charge in [-0.3, -0.25) is 9.36 Å². The van der Waals surface area contributed by atoms with Crippen molar-refractivity contribution in [2.24, 2.45) is 0 Å². The zero-order valence-corrected chi connectivity index (χ0v) is 14.4. The lowest BCUT2D eigenvalue weighted by atomic mass is 9.90. The molecule has 0 aromatic heterocycles. The largest absolute Gasteiger partial charge is 0.289 e. The molecule has 22 heavy (non-hydrogen) atoms. The number of aryl methyl sites for hydroxylation is 3. The van der Waals surface area contributed by atoms with E-state index in [-0.39, 0.29) is 19.9 Å². The summed E-state index contributed by atoms with van der Waals surface area (Å²) in [6.07, 6.45) is 0.737. The molecule has 0 bridgehead atoms. The van der Waals surface area contributed by atoms with Crippen LogP contribution in [0.3, 0.4) is 0 Å². The number of hydrogen-bond acceptors (Lipinski definition) is 2. The van der Waals surface area contributed by atoms with Crippen molar-refractivity contribution >= 4 is 14.2 Å². The van der Waals surface area contributed by atoms with Crippen molar-refractivity contribution in [3.05, 3.63) is 69.8 Å². The number of hydrogen-bond donors (Lipinski definition) is 0. The molecule has 2 nitrogen and oxygen atoms in total. The first kappa shape index (κ1) is 16.6. The first-order valence-electron chi connectivity index (χ1n) is 7.53. The van der Waals surface area contributed by atoms with E-state index in [9.17, 15) is 9.36 Å². The molecule has 0 saturated carbocycles. The molecule has 3 heteroatoms. The SMILES string of the molecule is CCC(P=O)c1ccccc1C(=O)c1c(C)cc(C)cc1C. The van der Waals surface area contributed by atoms with E-state index in [0.29, 0.717) is 5.56 Å². The van der Waals surface area contributed by atoms with Gasteiger partial charge in [0, 0.05) is 11.1 Å². The molecule has 0 radical (unpaired) electrons. The molecule has 0 fully saturated rings. The van der Waals surface area contributed by atoms with Crippen molar-refractivity contribution in [2.75, 3.05) is 0 Å². The number of carbonyl (C=O) groups excluding carboxylic acids is 1. The number of ketones is 1. The third-order valence-corrected chi connectivity index (χ3v) is 4.88. The summed E-state index contributed by atoms with van der Waals surface area (Å²) < 4.78 is 11.4. The van der Waals surface area contributed by atoms with Gasteiger partial charge in [0.15, 0.2) is 14.2 Å². The predicted octanol–water partition coefficient (Wildman–Crippen LogP) is 5.59. The van der Waals surface area contributed by atoms with E-state index in [1.165, 1.54) is 0 Å². The smallest absolute Gasteiger partial charge is 0.193 e. The average molecular weight is 312 g/mol. The Bertz CT molecular complexity index is 696. The molecule has 1 unspecified atom stereocenters. The Hall–Kier alpha value is -1.79. The minimum Gasteiger partial charge on any atom is -0.289 e. The van der Waals surface area contributed by atoms with Crippen LogP contribution in [0.4, 0.5) is 0 Å². The van der Waals surface area contributed by atoms with Crippen molar-refractivity contribution in [1.82, 2.24) is 0 Å². The second-order valence-corrected chi connectivity index (χ2v) is 6.55. The van der Waals surface area contributed by atoms with Gasteiger partial charge in [0.25, 0.3) is 0 Å². The fourth-order valence-electron chi connectivity index (χ4n) is 3.02. The molecule has 2 aromatic rings. The Morgan fingerprint density at radius 3 is 2.23 bits per heavy atom. The van der Waals surface area contributed by atoms with Gasteiger partial charge in [0.1, 0.15) is 0 Å². The summed E-state index contributed by atoms with van der Waals surface area (Å²) >= 11 is 0. The van der Waals surface area contributed by atoms with Gasteiger partial charge < -0.3 is 0 Å². The van der Waals surface area contributed by atoms with Crippen LogP contribution in [0.2, 0.25) is 0 Å². The first-order valence-corrected chi connectivity index (χ1v) is 8.41. The van der Waals surface area contributed by atoms with Gasteiger partial charge in [0.05, 0.1) is 5.66 Å². The van der Waals surface area contributed by atoms with Gasteiger partial charge in [-0.2, -0.15) is 0 Å². The topological polar surface area (TPSA) is 34.1 Å². The molecule has 2 aromatic carbocycles. The van der Waals surface area contributed by atoms with Crippen LogP contribution in [0.15, 0.2) is 36.4 Å². The van der Waals surface area contributed by atoms with Gasteiger partial charge >= 0.3 is 0 Å². The molecule has 1 atom stereocenters. The maximum Gasteiger partial charge on any atom is 0.193 e. The molecule has 0 aliphatic heterocycles. The van der Waals surface area contributed by atoms with Gasteiger partial charge in [-0.1, -0.05) is 48.9 Å². The fourth-order valence-corrected chi connectivity index (χ4v) is 3.51. The summed E-state index contributed by atoms with van der Waals surface area (Å²) in [7, 11) is 0.0609. The van der Waals surface area contributed by atoms with Crippen molar-refractivity contribution in [3.63, 3.8) is 0 Å². The maximum atomic E-state index is 13.1. The highest BCUT2D eigenvalue weighted by atomic mass is 31.1. The molecule has 0 heterocycles. The van der Waals surface area contributed by atoms with Gasteiger partial charge in [0.2, 0.25) is 0 Å². The molecular weight excluding hydrogens is 291 g/mol. The Labute approximate surface area is 133 Å². The van der Waals surface area contributed by atoms with E-state index >= 15 is 0 Å². The van der Waals surface area contributed by atoms with Crippen molar-refractivity contribution in [3.8, 4) is 0 Å². The number of benzene rings is 2. The summed E-state index contributed by atoms with van der Waals surface area (Å²) in [6, 6.07) is 11.6.